The number of urea groups is 1. The van der Waals surface area contributed by atoms with E-state index >= 15 is 0 Å². The van der Waals surface area contributed by atoms with E-state index < -0.39 is 6.10 Å². The molecule has 0 spiro atoms. The molecule has 1 fully saturated rings. The van der Waals surface area contributed by atoms with Gasteiger partial charge in [0.25, 0.3) is 0 Å². The van der Waals surface area contributed by atoms with Crippen molar-refractivity contribution in [3.63, 3.8) is 0 Å². The van der Waals surface area contributed by atoms with Crippen LogP contribution < -0.4 is 5.32 Å². The number of carbonyl (C=O) groups excluding carboxylic acids is 1. The number of furan rings is 1. The second kappa shape index (κ2) is 6.57. The molecule has 7 heteroatoms. The molecule has 2 aromatic heterocycles. The third-order valence-corrected chi connectivity index (χ3v) is 3.81. The van der Waals surface area contributed by atoms with Gasteiger partial charge in [0.15, 0.2) is 5.82 Å². The Morgan fingerprint density at radius 2 is 2.41 bits per heavy atom. The number of aliphatic hydroxyl groups is 1. The van der Waals surface area contributed by atoms with Gasteiger partial charge in [-0.15, -0.1) is 5.10 Å². The maximum atomic E-state index is 12.3. The number of carbonyl (C=O) groups is 1. The first-order valence-corrected chi connectivity index (χ1v) is 7.31. The number of nitrogens with one attached hydrogen (secondary N) is 1. The summed E-state index contributed by atoms with van der Waals surface area (Å²) in [5.41, 5.74) is 0. The lowest BCUT2D eigenvalue weighted by Gasteiger charge is -2.26. The molecule has 2 unspecified atom stereocenters. The number of nitrogens with zero attached hydrogens (tertiary/aromatic N) is 3. The van der Waals surface area contributed by atoms with Crippen LogP contribution in [-0.2, 0) is 0 Å². The highest BCUT2D eigenvalue weighted by molar-refractivity contribution is 5.88. The van der Waals surface area contributed by atoms with Crippen molar-refractivity contribution in [2.45, 2.75) is 31.4 Å². The van der Waals surface area contributed by atoms with Gasteiger partial charge in [0.05, 0.1) is 6.26 Å². The molecule has 1 aliphatic rings. The number of anilines is 1. The van der Waals surface area contributed by atoms with Crippen LogP contribution in [0.1, 0.15) is 31.1 Å². The van der Waals surface area contributed by atoms with Gasteiger partial charge < -0.3 is 14.4 Å². The zero-order valence-electron chi connectivity index (χ0n) is 12.1. The largest absolute Gasteiger partial charge is 0.467 e. The molecular formula is C15H18N4O3. The number of aliphatic hydroxyl groups excluding tert-OH is 1. The summed E-state index contributed by atoms with van der Waals surface area (Å²) in [5, 5.41) is 20.5. The van der Waals surface area contributed by atoms with E-state index in [-0.39, 0.29) is 12.1 Å². The van der Waals surface area contributed by atoms with Crippen molar-refractivity contribution < 1.29 is 14.3 Å². The van der Waals surface area contributed by atoms with Gasteiger partial charge in [-0.1, -0.05) is 0 Å². The molecule has 116 valence electrons. The topological polar surface area (TPSA) is 91.5 Å². The molecule has 3 heterocycles. The molecular weight excluding hydrogens is 284 g/mol. The molecule has 0 radical (unpaired) electrons. The summed E-state index contributed by atoms with van der Waals surface area (Å²) in [4.78, 5) is 14.1. The molecule has 0 aromatic carbocycles. The van der Waals surface area contributed by atoms with Crippen LogP contribution in [0.3, 0.4) is 0 Å². The normalized spacial score (nSPS) is 19.1. The van der Waals surface area contributed by atoms with E-state index in [9.17, 15) is 9.90 Å². The van der Waals surface area contributed by atoms with E-state index in [1.807, 2.05) is 0 Å². The summed E-state index contributed by atoms with van der Waals surface area (Å²) in [7, 11) is 0. The fourth-order valence-corrected chi connectivity index (χ4v) is 2.75. The van der Waals surface area contributed by atoms with Crippen LogP contribution in [0.4, 0.5) is 10.6 Å². The van der Waals surface area contributed by atoms with E-state index in [4.69, 9.17) is 4.42 Å². The van der Waals surface area contributed by atoms with Crippen molar-refractivity contribution in [1.82, 2.24) is 15.1 Å². The quantitative estimate of drug-likeness (QED) is 0.903. The Balaban J connectivity index is 1.61. The van der Waals surface area contributed by atoms with Gasteiger partial charge >= 0.3 is 6.03 Å². The first kappa shape index (κ1) is 14.5. The standard InChI is InChI=1S/C15H18N4O3/c20-12(13-5-3-9-22-13)10-11-4-2-8-19(11)15(21)17-14-6-1-7-16-18-14/h1,3,5-7,9,11-12,20H,2,4,8,10H2,(H,17,18,21). The zero-order chi connectivity index (χ0) is 15.4. The second-order valence-electron chi connectivity index (χ2n) is 5.30. The third-order valence-electron chi connectivity index (χ3n) is 3.81. The van der Waals surface area contributed by atoms with E-state index in [1.54, 1.807) is 35.4 Å². The molecule has 7 nitrogen and oxygen atoms in total. The summed E-state index contributed by atoms with van der Waals surface area (Å²) >= 11 is 0. The number of amides is 2. The highest BCUT2D eigenvalue weighted by Crippen LogP contribution is 2.28. The van der Waals surface area contributed by atoms with Crippen LogP contribution >= 0.6 is 0 Å². The fourth-order valence-electron chi connectivity index (χ4n) is 2.75. The molecule has 3 rings (SSSR count). The Morgan fingerprint density at radius 1 is 1.50 bits per heavy atom. The predicted molar refractivity (Wildman–Crippen MR) is 79.1 cm³/mol. The minimum absolute atomic E-state index is 0.0169. The van der Waals surface area contributed by atoms with Gasteiger partial charge in [-0.3, -0.25) is 5.32 Å². The minimum atomic E-state index is -0.704. The number of aromatic nitrogens is 2. The molecule has 2 N–H and O–H groups in total. The van der Waals surface area contributed by atoms with Gasteiger partial charge in [-0.05, 0) is 37.1 Å². The van der Waals surface area contributed by atoms with E-state index in [0.29, 0.717) is 24.5 Å². The van der Waals surface area contributed by atoms with Crippen molar-refractivity contribution in [2.24, 2.45) is 0 Å². The summed E-state index contributed by atoms with van der Waals surface area (Å²) in [6.45, 7) is 0.668. The Morgan fingerprint density at radius 3 is 3.14 bits per heavy atom. The minimum Gasteiger partial charge on any atom is -0.467 e. The lowest BCUT2D eigenvalue weighted by molar-refractivity contribution is 0.110. The molecule has 1 saturated heterocycles. The lowest BCUT2D eigenvalue weighted by Crippen LogP contribution is -2.39. The zero-order valence-corrected chi connectivity index (χ0v) is 12.1. The van der Waals surface area contributed by atoms with Crippen LogP contribution in [0.5, 0.6) is 0 Å². The van der Waals surface area contributed by atoms with Crippen LogP contribution in [0.25, 0.3) is 0 Å². The first-order chi connectivity index (χ1) is 10.7. The Bertz CT molecular complexity index is 603. The molecule has 2 atom stereocenters. The first-order valence-electron chi connectivity index (χ1n) is 7.31. The summed E-state index contributed by atoms with van der Waals surface area (Å²) in [6, 6.07) is 6.65. The van der Waals surface area contributed by atoms with Gasteiger partial charge in [-0.2, -0.15) is 5.10 Å². The third kappa shape index (κ3) is 3.25. The van der Waals surface area contributed by atoms with Gasteiger partial charge in [0.2, 0.25) is 0 Å². The molecule has 2 amide bonds. The van der Waals surface area contributed by atoms with E-state index in [2.05, 4.69) is 15.5 Å². The number of likely N-dealkylation sites (tertiary alicyclic amines) is 1. The van der Waals surface area contributed by atoms with Crippen LogP contribution in [-0.4, -0.2) is 38.8 Å². The summed E-state index contributed by atoms with van der Waals surface area (Å²) in [5.74, 6) is 0.950. The Kier molecular flexibility index (Phi) is 4.34. The van der Waals surface area contributed by atoms with E-state index in [1.165, 1.54) is 6.26 Å². The highest BCUT2D eigenvalue weighted by atomic mass is 16.4. The van der Waals surface area contributed by atoms with Gasteiger partial charge in [0, 0.05) is 25.2 Å². The van der Waals surface area contributed by atoms with Crippen molar-refractivity contribution >= 4 is 11.8 Å². The monoisotopic (exact) mass is 302 g/mol. The molecule has 0 bridgehead atoms. The van der Waals surface area contributed by atoms with Crippen LogP contribution in [0, 0.1) is 0 Å². The molecule has 0 aliphatic carbocycles. The maximum Gasteiger partial charge on any atom is 0.323 e. The molecule has 1 aliphatic heterocycles. The highest BCUT2D eigenvalue weighted by Gasteiger charge is 2.31. The Labute approximate surface area is 128 Å². The van der Waals surface area contributed by atoms with Crippen molar-refractivity contribution in [3.8, 4) is 0 Å². The van der Waals surface area contributed by atoms with Crippen molar-refractivity contribution in [2.75, 3.05) is 11.9 Å². The predicted octanol–water partition coefficient (Wildman–Crippen LogP) is 2.19. The summed E-state index contributed by atoms with van der Waals surface area (Å²) < 4.78 is 5.21. The number of rotatable bonds is 4. The number of hydrogen-bond acceptors (Lipinski definition) is 5. The fraction of sp³-hybridized carbons (Fsp3) is 0.400. The molecule has 2 aromatic rings. The van der Waals surface area contributed by atoms with Crippen LogP contribution in [0.2, 0.25) is 0 Å². The van der Waals surface area contributed by atoms with Gasteiger partial charge in [-0.25, -0.2) is 4.79 Å². The van der Waals surface area contributed by atoms with Crippen LogP contribution in [0.15, 0.2) is 41.1 Å². The number of hydrogen-bond donors (Lipinski definition) is 2. The Hall–Kier alpha value is -2.41. The molecule has 22 heavy (non-hydrogen) atoms. The van der Waals surface area contributed by atoms with Crippen molar-refractivity contribution in [1.29, 1.82) is 0 Å². The lowest BCUT2D eigenvalue weighted by atomic mass is 10.1. The maximum absolute atomic E-state index is 12.3. The smallest absolute Gasteiger partial charge is 0.323 e. The second-order valence-corrected chi connectivity index (χ2v) is 5.30. The van der Waals surface area contributed by atoms with Gasteiger partial charge in [0.1, 0.15) is 11.9 Å². The van der Waals surface area contributed by atoms with E-state index in [0.717, 1.165) is 12.8 Å². The van der Waals surface area contributed by atoms with Crippen molar-refractivity contribution in [3.05, 3.63) is 42.5 Å². The SMILES string of the molecule is O=C(Nc1cccnn1)N1CCCC1CC(O)c1ccco1. The summed E-state index contributed by atoms with van der Waals surface area (Å²) in [6.07, 6.45) is 4.63. The molecule has 0 saturated carbocycles. The average Bonchev–Trinajstić information content (AvgIpc) is 3.19. The average molecular weight is 302 g/mol.